The predicted molar refractivity (Wildman–Crippen MR) is 81.7 cm³/mol. The molecule has 0 aliphatic rings. The van der Waals surface area contributed by atoms with E-state index in [1.54, 1.807) is 7.11 Å². The van der Waals surface area contributed by atoms with E-state index in [2.05, 4.69) is 0 Å². The quantitative estimate of drug-likeness (QED) is 0.790. The Labute approximate surface area is 123 Å². The first-order chi connectivity index (χ1) is 10.0. The molecule has 4 nitrogen and oxygen atoms in total. The van der Waals surface area contributed by atoms with Gasteiger partial charge in [-0.1, -0.05) is 0 Å². The van der Waals surface area contributed by atoms with Gasteiger partial charge in [-0.2, -0.15) is 0 Å². The van der Waals surface area contributed by atoms with Crippen molar-refractivity contribution in [3.8, 4) is 5.75 Å². The number of aryl methyl sites for hydroxylation is 3. The Balaban J connectivity index is 2.12. The average molecular weight is 285 g/mol. The van der Waals surface area contributed by atoms with Crippen LogP contribution in [0.15, 0.2) is 33.1 Å². The molecule has 1 aromatic carbocycles. The first kappa shape index (κ1) is 13.8. The molecule has 0 aliphatic heterocycles. The second-order valence-corrected chi connectivity index (χ2v) is 5.30. The van der Waals surface area contributed by atoms with Crippen LogP contribution >= 0.6 is 0 Å². The maximum absolute atomic E-state index is 6.38. The van der Waals surface area contributed by atoms with E-state index in [0.29, 0.717) is 0 Å². The number of benzene rings is 1. The van der Waals surface area contributed by atoms with Crippen molar-refractivity contribution in [2.45, 2.75) is 26.8 Å². The molecule has 2 heterocycles. The average Bonchev–Trinajstić information content (AvgIpc) is 2.98. The molecule has 0 fully saturated rings. The highest BCUT2D eigenvalue weighted by Crippen LogP contribution is 2.34. The molecule has 3 aromatic rings. The first-order valence-electron chi connectivity index (χ1n) is 6.90. The highest BCUT2D eigenvalue weighted by molar-refractivity contribution is 5.83. The van der Waals surface area contributed by atoms with Crippen molar-refractivity contribution in [3.63, 3.8) is 0 Å². The molecule has 4 heteroatoms. The van der Waals surface area contributed by atoms with Gasteiger partial charge in [0.15, 0.2) is 0 Å². The molecule has 1 atom stereocenters. The lowest BCUT2D eigenvalue weighted by Crippen LogP contribution is -2.12. The van der Waals surface area contributed by atoms with Crippen LogP contribution in [0.3, 0.4) is 0 Å². The van der Waals surface area contributed by atoms with Crippen LogP contribution in [0.2, 0.25) is 0 Å². The number of methoxy groups -OCH3 is 1. The van der Waals surface area contributed by atoms with E-state index in [9.17, 15) is 0 Å². The van der Waals surface area contributed by atoms with Crippen LogP contribution in [0.5, 0.6) is 5.75 Å². The molecule has 0 saturated heterocycles. The van der Waals surface area contributed by atoms with Gasteiger partial charge < -0.3 is 19.3 Å². The first-order valence-corrected chi connectivity index (χ1v) is 6.90. The summed E-state index contributed by atoms with van der Waals surface area (Å²) in [5, 5.41) is 1.03. The van der Waals surface area contributed by atoms with E-state index in [1.165, 1.54) is 0 Å². The third-order valence-corrected chi connectivity index (χ3v) is 3.88. The Kier molecular flexibility index (Phi) is 3.26. The summed E-state index contributed by atoms with van der Waals surface area (Å²) in [7, 11) is 1.65. The van der Waals surface area contributed by atoms with E-state index in [-0.39, 0.29) is 6.04 Å². The van der Waals surface area contributed by atoms with Crippen molar-refractivity contribution in [2.75, 3.05) is 7.11 Å². The zero-order valence-electron chi connectivity index (χ0n) is 12.7. The molecule has 1 unspecified atom stereocenters. The molecular weight excluding hydrogens is 266 g/mol. The summed E-state index contributed by atoms with van der Waals surface area (Å²) in [5.74, 6) is 3.26. The Morgan fingerprint density at radius 1 is 1.10 bits per heavy atom. The lowest BCUT2D eigenvalue weighted by molar-refractivity contribution is 0.415. The molecule has 2 aromatic heterocycles. The van der Waals surface area contributed by atoms with Gasteiger partial charge in [-0.25, -0.2) is 0 Å². The standard InChI is InChI=1S/C17H19NO3/c1-9-7-14(11(3)20-9)16(18)17-10(2)13-8-12(19-4)5-6-15(13)21-17/h5-8,16H,18H2,1-4H3. The fourth-order valence-electron chi connectivity index (χ4n) is 2.74. The van der Waals surface area contributed by atoms with Crippen molar-refractivity contribution in [2.24, 2.45) is 5.73 Å². The lowest BCUT2D eigenvalue weighted by atomic mass is 10.0. The predicted octanol–water partition coefficient (Wildman–Crippen LogP) is 4.01. The Morgan fingerprint density at radius 2 is 1.86 bits per heavy atom. The van der Waals surface area contributed by atoms with Crippen molar-refractivity contribution in [1.29, 1.82) is 0 Å². The molecule has 0 aliphatic carbocycles. The van der Waals surface area contributed by atoms with Gasteiger partial charge in [0, 0.05) is 16.5 Å². The molecule has 3 rings (SSSR count). The topological polar surface area (TPSA) is 61.5 Å². The van der Waals surface area contributed by atoms with E-state index in [1.807, 2.05) is 45.0 Å². The van der Waals surface area contributed by atoms with Crippen LogP contribution in [0.4, 0.5) is 0 Å². The van der Waals surface area contributed by atoms with Gasteiger partial charge in [0.05, 0.1) is 13.2 Å². The fourth-order valence-corrected chi connectivity index (χ4v) is 2.74. The summed E-state index contributed by atoms with van der Waals surface area (Å²) in [6, 6.07) is 7.39. The SMILES string of the molecule is COc1ccc2oc(C(N)c3cc(C)oc3C)c(C)c2c1. The normalized spacial score (nSPS) is 12.8. The van der Waals surface area contributed by atoms with Gasteiger partial charge in [0.2, 0.25) is 0 Å². The summed E-state index contributed by atoms with van der Waals surface area (Å²) >= 11 is 0. The number of ether oxygens (including phenoxy) is 1. The van der Waals surface area contributed by atoms with E-state index in [4.69, 9.17) is 19.3 Å². The maximum Gasteiger partial charge on any atom is 0.134 e. The Morgan fingerprint density at radius 3 is 2.48 bits per heavy atom. The van der Waals surface area contributed by atoms with Crippen LogP contribution in [0, 0.1) is 20.8 Å². The van der Waals surface area contributed by atoms with Gasteiger partial charge in [-0.05, 0) is 45.0 Å². The van der Waals surface area contributed by atoms with Crippen LogP contribution in [-0.4, -0.2) is 7.11 Å². The highest BCUT2D eigenvalue weighted by atomic mass is 16.5. The monoisotopic (exact) mass is 285 g/mol. The minimum Gasteiger partial charge on any atom is -0.497 e. The summed E-state index contributed by atoms with van der Waals surface area (Å²) in [6.07, 6.45) is 0. The van der Waals surface area contributed by atoms with E-state index < -0.39 is 0 Å². The minimum absolute atomic E-state index is 0.333. The van der Waals surface area contributed by atoms with E-state index in [0.717, 1.165) is 45.1 Å². The molecular formula is C17H19NO3. The molecule has 110 valence electrons. The summed E-state index contributed by atoms with van der Waals surface area (Å²) in [5.41, 5.74) is 9.19. The molecule has 0 saturated carbocycles. The van der Waals surface area contributed by atoms with Crippen molar-refractivity contribution in [3.05, 3.63) is 52.7 Å². The Hall–Kier alpha value is -2.20. The maximum atomic E-state index is 6.38. The van der Waals surface area contributed by atoms with Gasteiger partial charge in [0.1, 0.15) is 28.6 Å². The highest BCUT2D eigenvalue weighted by Gasteiger charge is 2.22. The lowest BCUT2D eigenvalue weighted by Gasteiger charge is -2.08. The van der Waals surface area contributed by atoms with Gasteiger partial charge in [-0.15, -0.1) is 0 Å². The number of nitrogens with two attached hydrogens (primary N) is 1. The van der Waals surface area contributed by atoms with Crippen LogP contribution < -0.4 is 10.5 Å². The van der Waals surface area contributed by atoms with Crippen LogP contribution in [-0.2, 0) is 0 Å². The van der Waals surface area contributed by atoms with Gasteiger partial charge >= 0.3 is 0 Å². The molecule has 0 radical (unpaired) electrons. The van der Waals surface area contributed by atoms with Gasteiger partial charge in [0.25, 0.3) is 0 Å². The number of rotatable bonds is 3. The Bertz CT molecular complexity index is 798. The molecule has 0 spiro atoms. The third-order valence-electron chi connectivity index (χ3n) is 3.88. The fraction of sp³-hybridized carbons (Fsp3) is 0.294. The minimum atomic E-state index is -0.333. The number of hydrogen-bond donors (Lipinski definition) is 1. The van der Waals surface area contributed by atoms with Crippen molar-refractivity contribution in [1.82, 2.24) is 0 Å². The van der Waals surface area contributed by atoms with Gasteiger partial charge in [-0.3, -0.25) is 0 Å². The molecule has 21 heavy (non-hydrogen) atoms. The van der Waals surface area contributed by atoms with Crippen molar-refractivity contribution < 1.29 is 13.6 Å². The number of fused-ring (bicyclic) bond motifs is 1. The molecule has 0 bridgehead atoms. The third kappa shape index (κ3) is 2.21. The smallest absolute Gasteiger partial charge is 0.134 e. The second kappa shape index (κ2) is 4.97. The zero-order valence-corrected chi connectivity index (χ0v) is 12.7. The largest absolute Gasteiger partial charge is 0.497 e. The number of hydrogen-bond acceptors (Lipinski definition) is 4. The summed E-state index contributed by atoms with van der Waals surface area (Å²) in [4.78, 5) is 0. The van der Waals surface area contributed by atoms with Crippen molar-refractivity contribution >= 4 is 11.0 Å². The number of furan rings is 2. The summed E-state index contributed by atoms with van der Waals surface area (Å²) < 4.78 is 16.8. The van der Waals surface area contributed by atoms with E-state index >= 15 is 0 Å². The second-order valence-electron chi connectivity index (χ2n) is 5.30. The summed E-state index contributed by atoms with van der Waals surface area (Å²) in [6.45, 7) is 5.85. The zero-order chi connectivity index (χ0) is 15.1. The van der Waals surface area contributed by atoms with Crippen LogP contribution in [0.25, 0.3) is 11.0 Å². The molecule has 0 amide bonds. The van der Waals surface area contributed by atoms with Crippen LogP contribution in [0.1, 0.15) is 34.4 Å². The molecule has 2 N–H and O–H groups in total.